The lowest BCUT2D eigenvalue weighted by Crippen LogP contribution is -2.49. The van der Waals surface area contributed by atoms with Crippen LogP contribution in [0, 0.1) is 5.82 Å². The Labute approximate surface area is 147 Å². The molecular formula is C17H26FN5O2. The van der Waals surface area contributed by atoms with Gasteiger partial charge in [0.15, 0.2) is 17.5 Å². The number of phenolic OH excluding ortho intramolecular Hbond substituents is 1. The Morgan fingerprint density at radius 3 is 2.76 bits per heavy atom. The molecule has 0 spiro atoms. The van der Waals surface area contributed by atoms with E-state index in [1.807, 2.05) is 11.8 Å². The second-order valence-electron chi connectivity index (χ2n) is 6.14. The molecule has 0 aromatic heterocycles. The highest BCUT2D eigenvalue weighted by Gasteiger charge is 2.20. The van der Waals surface area contributed by atoms with Gasteiger partial charge in [-0.3, -0.25) is 9.69 Å². The van der Waals surface area contributed by atoms with E-state index in [1.165, 1.54) is 12.1 Å². The smallest absolute Gasteiger partial charge is 0.231 e. The first-order chi connectivity index (χ1) is 12.0. The fourth-order valence-electron chi connectivity index (χ4n) is 2.79. The first kappa shape index (κ1) is 19.0. The number of benzene rings is 1. The molecule has 0 unspecified atom stereocenters. The number of aliphatic imine (C=N–C) groups is 1. The van der Waals surface area contributed by atoms with Crippen LogP contribution in [0.4, 0.5) is 4.39 Å². The fraction of sp³-hybridized carbons (Fsp3) is 0.529. The number of hydrogen-bond acceptors (Lipinski definition) is 4. The van der Waals surface area contributed by atoms with Gasteiger partial charge >= 0.3 is 0 Å². The van der Waals surface area contributed by atoms with Gasteiger partial charge in [-0.05, 0) is 37.5 Å². The van der Waals surface area contributed by atoms with E-state index in [0.29, 0.717) is 24.6 Å². The molecule has 1 aromatic carbocycles. The molecule has 0 saturated carbocycles. The summed E-state index contributed by atoms with van der Waals surface area (Å²) in [4.78, 5) is 17.5. The molecule has 1 saturated heterocycles. The van der Waals surface area contributed by atoms with Gasteiger partial charge < -0.3 is 21.5 Å². The third-order valence-electron chi connectivity index (χ3n) is 4.08. The van der Waals surface area contributed by atoms with Crippen molar-refractivity contribution in [2.75, 3.05) is 26.2 Å². The maximum absolute atomic E-state index is 13.4. The molecule has 8 heteroatoms. The molecule has 138 valence electrons. The van der Waals surface area contributed by atoms with Gasteiger partial charge in [0.1, 0.15) is 0 Å². The van der Waals surface area contributed by atoms with E-state index in [-0.39, 0.29) is 17.7 Å². The lowest BCUT2D eigenvalue weighted by Gasteiger charge is -2.32. The lowest BCUT2D eigenvalue weighted by atomic mass is 10.1. The van der Waals surface area contributed by atoms with Crippen molar-refractivity contribution in [3.8, 4) is 5.75 Å². The molecule has 1 fully saturated rings. The van der Waals surface area contributed by atoms with Crippen LogP contribution in [0.15, 0.2) is 23.2 Å². The Balaban J connectivity index is 1.89. The average Bonchev–Trinajstić information content (AvgIpc) is 2.57. The predicted molar refractivity (Wildman–Crippen MR) is 94.7 cm³/mol. The second kappa shape index (κ2) is 9.22. The van der Waals surface area contributed by atoms with Crippen LogP contribution in [0.25, 0.3) is 0 Å². The summed E-state index contributed by atoms with van der Waals surface area (Å²) in [6.07, 6.45) is 1.79. The third kappa shape index (κ3) is 6.22. The second-order valence-corrected chi connectivity index (χ2v) is 6.14. The van der Waals surface area contributed by atoms with Crippen molar-refractivity contribution in [3.05, 3.63) is 29.6 Å². The van der Waals surface area contributed by atoms with E-state index >= 15 is 0 Å². The number of nitrogens with zero attached hydrogens (tertiary/aromatic N) is 2. The van der Waals surface area contributed by atoms with Crippen LogP contribution in [0.1, 0.15) is 25.3 Å². The number of hydrogen-bond donors (Lipinski definition) is 4. The van der Waals surface area contributed by atoms with Crippen LogP contribution >= 0.6 is 0 Å². The molecule has 1 heterocycles. The Hall–Kier alpha value is -2.35. The molecule has 1 aliphatic rings. The van der Waals surface area contributed by atoms with Crippen LogP contribution < -0.4 is 16.4 Å². The number of primary amides is 1. The summed E-state index contributed by atoms with van der Waals surface area (Å²) >= 11 is 0. The molecular weight excluding hydrogens is 325 g/mol. The summed E-state index contributed by atoms with van der Waals surface area (Å²) in [6, 6.07) is 4.52. The quantitative estimate of drug-likeness (QED) is 0.442. The molecule has 7 nitrogen and oxygen atoms in total. The van der Waals surface area contributed by atoms with Gasteiger partial charge in [0, 0.05) is 25.7 Å². The Morgan fingerprint density at radius 1 is 1.44 bits per heavy atom. The molecule has 5 N–H and O–H groups in total. The van der Waals surface area contributed by atoms with Gasteiger partial charge in [-0.1, -0.05) is 6.07 Å². The number of nitrogens with two attached hydrogens (primary N) is 1. The normalized spacial score (nSPS) is 16.6. The van der Waals surface area contributed by atoms with Gasteiger partial charge in [-0.2, -0.15) is 0 Å². The minimum absolute atomic E-state index is 0.262. The summed E-state index contributed by atoms with van der Waals surface area (Å²) in [5, 5.41) is 15.8. The fourth-order valence-corrected chi connectivity index (χ4v) is 2.79. The number of amides is 1. The number of piperidine rings is 1. The molecule has 0 atom stereocenters. The molecule has 1 amide bonds. The highest BCUT2D eigenvalue weighted by molar-refractivity contribution is 5.80. The molecule has 0 aliphatic carbocycles. The number of likely N-dealkylation sites (tertiary alicyclic amines) is 1. The monoisotopic (exact) mass is 351 g/mol. The molecule has 2 rings (SSSR count). The van der Waals surface area contributed by atoms with E-state index in [0.717, 1.165) is 32.5 Å². The zero-order valence-electron chi connectivity index (χ0n) is 14.5. The van der Waals surface area contributed by atoms with Crippen LogP contribution in [0.5, 0.6) is 5.75 Å². The first-order valence-electron chi connectivity index (χ1n) is 8.50. The number of carbonyl (C=O) groups is 1. The summed E-state index contributed by atoms with van der Waals surface area (Å²) < 4.78 is 13.4. The number of phenols is 1. The minimum Gasteiger partial charge on any atom is -0.505 e. The Morgan fingerprint density at radius 2 is 2.16 bits per heavy atom. The van der Waals surface area contributed by atoms with E-state index in [9.17, 15) is 14.3 Å². The van der Waals surface area contributed by atoms with Gasteiger partial charge in [0.05, 0.1) is 13.1 Å². The average molecular weight is 351 g/mol. The standard InChI is InChI=1S/C17H26FN5O2/c1-2-20-17(21-10-12-3-4-15(24)14(18)9-12)22-13-5-7-23(8-6-13)11-16(19)25/h3-4,9,13,24H,2,5-8,10-11H2,1H3,(H2,19,25)(H2,20,21,22). The number of aromatic hydroxyl groups is 1. The Kier molecular flexibility index (Phi) is 7.00. The van der Waals surface area contributed by atoms with E-state index in [1.54, 1.807) is 6.07 Å². The summed E-state index contributed by atoms with van der Waals surface area (Å²) in [7, 11) is 0. The van der Waals surface area contributed by atoms with Crippen molar-refractivity contribution in [3.63, 3.8) is 0 Å². The minimum atomic E-state index is -0.646. The van der Waals surface area contributed by atoms with Gasteiger partial charge in [-0.25, -0.2) is 9.38 Å². The third-order valence-corrected chi connectivity index (χ3v) is 4.08. The molecule has 25 heavy (non-hydrogen) atoms. The number of carbonyl (C=O) groups excluding carboxylic acids is 1. The van der Waals surface area contributed by atoms with Crippen LogP contribution in [-0.4, -0.2) is 54.1 Å². The van der Waals surface area contributed by atoms with E-state index < -0.39 is 5.82 Å². The first-order valence-corrected chi connectivity index (χ1v) is 8.50. The maximum atomic E-state index is 13.4. The highest BCUT2D eigenvalue weighted by atomic mass is 19.1. The van der Waals surface area contributed by atoms with Gasteiger partial charge in [-0.15, -0.1) is 0 Å². The molecule has 1 aliphatic heterocycles. The number of rotatable bonds is 6. The summed E-state index contributed by atoms with van der Waals surface area (Å²) in [5.74, 6) is -0.639. The van der Waals surface area contributed by atoms with Crippen molar-refractivity contribution in [1.82, 2.24) is 15.5 Å². The van der Waals surface area contributed by atoms with Crippen molar-refractivity contribution in [2.45, 2.75) is 32.4 Å². The zero-order chi connectivity index (χ0) is 18.2. The predicted octanol–water partition coefficient (Wildman–Crippen LogP) is 0.536. The molecule has 0 bridgehead atoms. The Bertz CT molecular complexity index is 615. The molecule has 1 aromatic rings. The van der Waals surface area contributed by atoms with Crippen LogP contribution in [0.3, 0.4) is 0 Å². The number of guanidine groups is 1. The van der Waals surface area contributed by atoms with Crippen molar-refractivity contribution in [1.29, 1.82) is 0 Å². The van der Waals surface area contributed by atoms with Crippen molar-refractivity contribution < 1.29 is 14.3 Å². The van der Waals surface area contributed by atoms with Gasteiger partial charge in [0.25, 0.3) is 0 Å². The number of halogens is 1. The maximum Gasteiger partial charge on any atom is 0.231 e. The molecule has 0 radical (unpaired) electrons. The zero-order valence-corrected chi connectivity index (χ0v) is 14.5. The van der Waals surface area contributed by atoms with Gasteiger partial charge in [0.2, 0.25) is 5.91 Å². The topological polar surface area (TPSA) is 103 Å². The van der Waals surface area contributed by atoms with E-state index in [2.05, 4.69) is 15.6 Å². The highest BCUT2D eigenvalue weighted by Crippen LogP contribution is 2.16. The summed E-state index contributed by atoms with van der Waals surface area (Å²) in [6.45, 7) is 4.93. The largest absolute Gasteiger partial charge is 0.505 e. The number of nitrogens with one attached hydrogen (secondary N) is 2. The van der Waals surface area contributed by atoms with Crippen molar-refractivity contribution >= 4 is 11.9 Å². The van der Waals surface area contributed by atoms with Crippen molar-refractivity contribution in [2.24, 2.45) is 10.7 Å². The van der Waals surface area contributed by atoms with Crippen LogP contribution in [-0.2, 0) is 11.3 Å². The van der Waals surface area contributed by atoms with E-state index in [4.69, 9.17) is 5.73 Å². The lowest BCUT2D eigenvalue weighted by molar-refractivity contribution is -0.119. The van der Waals surface area contributed by atoms with Crippen LogP contribution in [0.2, 0.25) is 0 Å². The SMILES string of the molecule is CCNC(=NCc1ccc(O)c(F)c1)NC1CCN(CC(N)=O)CC1. The summed E-state index contributed by atoms with van der Waals surface area (Å²) in [5.41, 5.74) is 5.91.